The third-order valence-electron chi connectivity index (χ3n) is 4.05. The van der Waals surface area contributed by atoms with E-state index < -0.39 is 0 Å². The summed E-state index contributed by atoms with van der Waals surface area (Å²) in [5, 5.41) is 10.4. The molecule has 0 fully saturated rings. The number of nitrogens with zero attached hydrogens (tertiary/aromatic N) is 3. The van der Waals surface area contributed by atoms with Crippen LogP contribution in [0, 0.1) is 0 Å². The number of carbonyl (C=O) groups is 1. The maximum atomic E-state index is 12.1. The molecule has 1 amide bonds. The number of halogens is 2. The molecule has 10 heteroatoms. The van der Waals surface area contributed by atoms with E-state index in [9.17, 15) is 9.59 Å². The monoisotopic (exact) mass is 423 g/mol. The van der Waals surface area contributed by atoms with Crippen LogP contribution in [0.25, 0.3) is 0 Å². The molecule has 0 spiro atoms. The number of aryl methyl sites for hydroxylation is 1. The van der Waals surface area contributed by atoms with Crippen molar-refractivity contribution < 1.29 is 9.53 Å². The Bertz CT molecular complexity index is 994. The first kappa shape index (κ1) is 20.2. The molecular weight excluding hydrogens is 405 g/mol. The molecule has 0 unspecified atom stereocenters. The second-order valence-corrected chi connectivity index (χ2v) is 7.37. The highest BCUT2D eigenvalue weighted by Crippen LogP contribution is 2.38. The molecule has 0 saturated heterocycles. The second-order valence-electron chi connectivity index (χ2n) is 6.56. The van der Waals surface area contributed by atoms with Crippen LogP contribution in [0.15, 0.2) is 28.0 Å². The minimum Gasteiger partial charge on any atom is -0.434 e. The van der Waals surface area contributed by atoms with Gasteiger partial charge in [0, 0.05) is 24.4 Å². The number of hydrogen-bond acceptors (Lipinski definition) is 6. The van der Waals surface area contributed by atoms with Crippen molar-refractivity contribution in [3.63, 3.8) is 0 Å². The van der Waals surface area contributed by atoms with Gasteiger partial charge in [0.1, 0.15) is 12.4 Å². The van der Waals surface area contributed by atoms with Gasteiger partial charge in [0.2, 0.25) is 11.8 Å². The van der Waals surface area contributed by atoms with Gasteiger partial charge < -0.3 is 15.4 Å². The Labute approximate surface area is 171 Å². The number of rotatable bonds is 6. The van der Waals surface area contributed by atoms with Gasteiger partial charge in [0.05, 0.1) is 16.6 Å². The lowest BCUT2D eigenvalue weighted by Crippen LogP contribution is -2.29. The first-order valence-electron chi connectivity index (χ1n) is 8.56. The number of aliphatic imine (C=N–C) groups is 1. The lowest BCUT2D eigenvalue weighted by molar-refractivity contribution is -0.117. The smallest absolute Gasteiger partial charge is 0.270 e. The predicted molar refractivity (Wildman–Crippen MR) is 109 cm³/mol. The molecule has 0 radical (unpaired) electrons. The van der Waals surface area contributed by atoms with Gasteiger partial charge >= 0.3 is 0 Å². The van der Waals surface area contributed by atoms with Crippen LogP contribution in [0.4, 0.5) is 5.69 Å². The molecule has 2 N–H and O–H groups in total. The van der Waals surface area contributed by atoms with Gasteiger partial charge in [-0.3, -0.25) is 14.6 Å². The first-order valence-corrected chi connectivity index (χ1v) is 9.32. The van der Waals surface area contributed by atoms with Gasteiger partial charge in [-0.05, 0) is 18.1 Å². The summed E-state index contributed by atoms with van der Waals surface area (Å²) in [6, 6.07) is 4.88. The molecular formula is C18H19Cl2N5O3. The fraction of sp³-hybridized carbons (Fsp3) is 0.333. The Hall–Kier alpha value is -2.58. The van der Waals surface area contributed by atoms with Gasteiger partial charge in [-0.15, -0.1) is 5.10 Å². The average Bonchev–Trinajstić information content (AvgIpc) is 3.04. The molecule has 8 nitrogen and oxygen atoms in total. The second kappa shape index (κ2) is 8.20. The average molecular weight is 424 g/mol. The highest BCUT2D eigenvalue weighted by atomic mass is 35.5. The number of anilines is 1. The van der Waals surface area contributed by atoms with Crippen LogP contribution in [-0.2, 0) is 11.8 Å². The third kappa shape index (κ3) is 4.45. The van der Waals surface area contributed by atoms with E-state index in [1.807, 2.05) is 13.8 Å². The number of aromatic nitrogens is 2. The molecule has 0 atom stereocenters. The summed E-state index contributed by atoms with van der Waals surface area (Å²) < 4.78 is 6.99. The van der Waals surface area contributed by atoms with Crippen molar-refractivity contribution in [2.75, 3.05) is 18.4 Å². The van der Waals surface area contributed by atoms with E-state index >= 15 is 0 Å². The molecule has 0 saturated carbocycles. The number of ether oxygens (including phenoxy) is 1. The molecule has 1 aliphatic heterocycles. The molecule has 2 heterocycles. The summed E-state index contributed by atoms with van der Waals surface area (Å²) >= 11 is 12.7. The van der Waals surface area contributed by atoms with Gasteiger partial charge in [0.25, 0.3) is 5.56 Å². The zero-order valence-corrected chi connectivity index (χ0v) is 17.1. The van der Waals surface area contributed by atoms with Crippen LogP contribution < -0.4 is 20.9 Å². The van der Waals surface area contributed by atoms with E-state index in [0.717, 1.165) is 0 Å². The number of amides is 1. The Balaban J connectivity index is 1.80. The summed E-state index contributed by atoms with van der Waals surface area (Å²) in [7, 11) is 1.56. The zero-order valence-electron chi connectivity index (χ0n) is 15.5. The Morgan fingerprint density at radius 3 is 2.50 bits per heavy atom. The van der Waals surface area contributed by atoms with Crippen molar-refractivity contribution in [2.24, 2.45) is 12.0 Å². The molecule has 148 valence electrons. The van der Waals surface area contributed by atoms with E-state index in [2.05, 4.69) is 20.7 Å². The van der Waals surface area contributed by atoms with Crippen molar-refractivity contribution in [3.8, 4) is 11.6 Å². The Morgan fingerprint density at radius 2 is 1.93 bits per heavy atom. The van der Waals surface area contributed by atoms with Crippen molar-refractivity contribution in [1.29, 1.82) is 0 Å². The van der Waals surface area contributed by atoms with Crippen LogP contribution in [-0.4, -0.2) is 34.6 Å². The van der Waals surface area contributed by atoms with Gasteiger partial charge in [0.15, 0.2) is 5.75 Å². The topological polar surface area (TPSA) is 97.6 Å². The highest BCUT2D eigenvalue weighted by Gasteiger charge is 2.16. The number of hydrogen-bond donors (Lipinski definition) is 2. The standard InChI is InChI=1S/C18H19Cl2N5O3/c1-9(2)11-6-16(24-25(3)18(11)27)28-17-12(19)4-10(5-13(17)20)21-7-14-22-8-15(26)23-14/h4-6,9,21H,7-8H2,1-3H3,(H,22,23,26). The van der Waals surface area contributed by atoms with Crippen LogP contribution in [0.3, 0.4) is 0 Å². The van der Waals surface area contributed by atoms with Gasteiger partial charge in [-0.1, -0.05) is 37.0 Å². The normalized spacial score (nSPS) is 13.5. The number of benzene rings is 1. The minimum absolute atomic E-state index is 0.0144. The largest absolute Gasteiger partial charge is 0.434 e. The lowest BCUT2D eigenvalue weighted by Gasteiger charge is -2.14. The first-order chi connectivity index (χ1) is 13.2. The SMILES string of the molecule is CC(C)c1cc(Oc2c(Cl)cc(NCC3=NCC(=O)N3)cc2Cl)nn(C)c1=O. The van der Waals surface area contributed by atoms with Crippen LogP contribution in [0.5, 0.6) is 11.6 Å². The molecule has 0 aliphatic carbocycles. The Kier molecular flexibility index (Phi) is 5.90. The maximum absolute atomic E-state index is 12.1. The molecule has 2 aromatic rings. The summed E-state index contributed by atoms with van der Waals surface area (Å²) in [6.45, 7) is 4.30. The fourth-order valence-corrected chi connectivity index (χ4v) is 3.19. The molecule has 1 aromatic heterocycles. The van der Waals surface area contributed by atoms with E-state index in [-0.39, 0.29) is 45.6 Å². The summed E-state index contributed by atoms with van der Waals surface area (Å²) in [4.78, 5) is 27.4. The third-order valence-corrected chi connectivity index (χ3v) is 4.61. The summed E-state index contributed by atoms with van der Waals surface area (Å²) in [5.74, 6) is 0.885. The molecule has 0 bridgehead atoms. The summed E-state index contributed by atoms with van der Waals surface area (Å²) in [5.41, 5.74) is 1.04. The van der Waals surface area contributed by atoms with Crippen LogP contribution >= 0.6 is 23.2 Å². The van der Waals surface area contributed by atoms with Gasteiger partial charge in [-0.25, -0.2) is 4.68 Å². The van der Waals surface area contributed by atoms with Crippen molar-refractivity contribution >= 4 is 40.6 Å². The van der Waals surface area contributed by atoms with E-state index in [1.54, 1.807) is 25.2 Å². The van der Waals surface area contributed by atoms with E-state index in [1.165, 1.54) is 4.68 Å². The van der Waals surface area contributed by atoms with Crippen LogP contribution in [0.1, 0.15) is 25.3 Å². The molecule has 1 aliphatic rings. The maximum Gasteiger partial charge on any atom is 0.270 e. The van der Waals surface area contributed by atoms with Crippen LogP contribution in [0.2, 0.25) is 10.0 Å². The van der Waals surface area contributed by atoms with Crippen molar-refractivity contribution in [3.05, 3.63) is 44.2 Å². The zero-order chi connectivity index (χ0) is 20.4. The molecule has 28 heavy (non-hydrogen) atoms. The van der Waals surface area contributed by atoms with Gasteiger partial charge in [-0.2, -0.15) is 0 Å². The summed E-state index contributed by atoms with van der Waals surface area (Å²) in [6.07, 6.45) is 0. The fourth-order valence-electron chi connectivity index (χ4n) is 2.62. The van der Waals surface area contributed by atoms with E-state index in [4.69, 9.17) is 27.9 Å². The molecule has 1 aromatic carbocycles. The van der Waals surface area contributed by atoms with Crippen molar-refractivity contribution in [1.82, 2.24) is 15.1 Å². The number of nitrogens with one attached hydrogen (secondary N) is 2. The van der Waals surface area contributed by atoms with Crippen molar-refractivity contribution in [2.45, 2.75) is 19.8 Å². The predicted octanol–water partition coefficient (Wildman–Crippen LogP) is 2.94. The number of amidine groups is 1. The minimum atomic E-state index is -0.180. The Morgan fingerprint density at radius 1 is 1.25 bits per heavy atom. The molecule has 3 rings (SSSR count). The van der Waals surface area contributed by atoms with E-state index in [0.29, 0.717) is 23.6 Å². The lowest BCUT2D eigenvalue weighted by atomic mass is 10.1. The number of carbonyl (C=O) groups excluding carboxylic acids is 1. The highest BCUT2D eigenvalue weighted by molar-refractivity contribution is 6.37. The quantitative estimate of drug-likeness (QED) is 0.743.